The summed E-state index contributed by atoms with van der Waals surface area (Å²) in [7, 11) is 0. The van der Waals surface area contributed by atoms with Crippen LogP contribution in [-0.2, 0) is 20.7 Å². The van der Waals surface area contributed by atoms with Gasteiger partial charge in [0.15, 0.2) is 18.1 Å². The van der Waals surface area contributed by atoms with Crippen molar-refractivity contribution in [1.82, 2.24) is 5.43 Å². The summed E-state index contributed by atoms with van der Waals surface area (Å²) < 4.78 is 21.3. The van der Waals surface area contributed by atoms with Crippen LogP contribution in [0.25, 0.3) is 0 Å². The number of carbonyl (C=O) groups is 2. The highest BCUT2D eigenvalue weighted by Gasteiger charge is 2.09. The molecule has 1 amide bonds. The van der Waals surface area contributed by atoms with Gasteiger partial charge in [-0.1, -0.05) is 12.1 Å². The highest BCUT2D eigenvalue weighted by molar-refractivity contribution is 5.84. The van der Waals surface area contributed by atoms with Crippen molar-refractivity contribution in [2.24, 2.45) is 5.10 Å². The Bertz CT molecular complexity index is 880. The molecule has 2 rings (SSSR count). The van der Waals surface area contributed by atoms with E-state index in [9.17, 15) is 9.59 Å². The minimum Gasteiger partial charge on any atom is -0.494 e. The Morgan fingerprint density at radius 1 is 0.903 bits per heavy atom. The third kappa shape index (κ3) is 8.38. The molecule has 0 radical (unpaired) electrons. The van der Waals surface area contributed by atoms with Crippen LogP contribution >= 0.6 is 0 Å². The van der Waals surface area contributed by atoms with E-state index in [2.05, 4.69) is 10.5 Å². The van der Waals surface area contributed by atoms with Gasteiger partial charge in [0.25, 0.3) is 0 Å². The number of benzene rings is 2. The Morgan fingerprint density at radius 2 is 1.65 bits per heavy atom. The molecule has 8 heteroatoms. The monoisotopic (exact) mass is 428 g/mol. The molecule has 2 aromatic carbocycles. The van der Waals surface area contributed by atoms with Gasteiger partial charge in [-0.05, 0) is 62.2 Å². The smallest absolute Gasteiger partial charge is 0.344 e. The first-order valence-electron chi connectivity index (χ1n) is 10.1. The van der Waals surface area contributed by atoms with Crippen LogP contribution in [0.4, 0.5) is 0 Å². The van der Waals surface area contributed by atoms with Crippen molar-refractivity contribution in [2.75, 3.05) is 26.4 Å². The molecule has 0 aliphatic rings. The molecule has 0 spiro atoms. The second-order valence-electron chi connectivity index (χ2n) is 6.28. The van der Waals surface area contributed by atoms with Crippen molar-refractivity contribution in [3.63, 3.8) is 0 Å². The summed E-state index contributed by atoms with van der Waals surface area (Å²) in [5, 5.41) is 3.99. The number of hydrogen-bond donors (Lipinski definition) is 1. The molecule has 166 valence electrons. The molecule has 2 aromatic rings. The summed E-state index contributed by atoms with van der Waals surface area (Å²) in [6.45, 7) is 6.60. The molecule has 0 heterocycles. The SMILES string of the molecule is CCOC(=O)COc1ccc(/C=N\NC(=O)Cc2ccc(OCC)cc2)cc1OCC. The molecular formula is C23H28N2O6. The van der Waals surface area contributed by atoms with Gasteiger partial charge in [0.05, 0.1) is 32.5 Å². The standard InChI is InChI=1S/C23H28N2O6/c1-4-28-19-10-7-17(8-11-19)14-22(26)25-24-15-18-9-12-20(21(13-18)29-5-2)31-16-23(27)30-6-3/h7-13,15H,4-6,14,16H2,1-3H3,(H,25,26)/b24-15-. The molecule has 8 nitrogen and oxygen atoms in total. The summed E-state index contributed by atoms with van der Waals surface area (Å²) in [5.74, 6) is 0.971. The van der Waals surface area contributed by atoms with Crippen molar-refractivity contribution in [3.8, 4) is 17.2 Å². The maximum Gasteiger partial charge on any atom is 0.344 e. The van der Waals surface area contributed by atoms with Gasteiger partial charge in [-0.15, -0.1) is 0 Å². The highest BCUT2D eigenvalue weighted by Crippen LogP contribution is 2.28. The predicted molar refractivity (Wildman–Crippen MR) is 117 cm³/mol. The quantitative estimate of drug-likeness (QED) is 0.317. The fraction of sp³-hybridized carbons (Fsp3) is 0.348. The van der Waals surface area contributed by atoms with E-state index in [1.807, 2.05) is 38.1 Å². The summed E-state index contributed by atoms with van der Waals surface area (Å²) >= 11 is 0. The molecule has 0 aliphatic heterocycles. The predicted octanol–water partition coefficient (Wildman–Crippen LogP) is 3.12. The van der Waals surface area contributed by atoms with E-state index in [0.717, 1.165) is 11.3 Å². The van der Waals surface area contributed by atoms with E-state index in [1.54, 1.807) is 25.1 Å². The molecule has 0 aromatic heterocycles. The Morgan fingerprint density at radius 3 is 2.32 bits per heavy atom. The van der Waals surface area contributed by atoms with Gasteiger partial charge >= 0.3 is 5.97 Å². The number of hydrazone groups is 1. The number of amides is 1. The largest absolute Gasteiger partial charge is 0.494 e. The van der Waals surface area contributed by atoms with Crippen LogP contribution in [0.2, 0.25) is 0 Å². The van der Waals surface area contributed by atoms with Crippen LogP contribution in [0.5, 0.6) is 17.2 Å². The minimum absolute atomic E-state index is 0.203. The molecule has 31 heavy (non-hydrogen) atoms. The van der Waals surface area contributed by atoms with Gasteiger partial charge < -0.3 is 18.9 Å². The minimum atomic E-state index is -0.453. The highest BCUT2D eigenvalue weighted by atomic mass is 16.6. The zero-order valence-corrected chi connectivity index (χ0v) is 18.1. The van der Waals surface area contributed by atoms with Crippen LogP contribution in [0.1, 0.15) is 31.9 Å². The lowest BCUT2D eigenvalue weighted by Gasteiger charge is -2.12. The number of nitrogens with one attached hydrogen (secondary N) is 1. The van der Waals surface area contributed by atoms with E-state index in [0.29, 0.717) is 36.9 Å². The lowest BCUT2D eigenvalue weighted by Crippen LogP contribution is -2.19. The number of esters is 1. The van der Waals surface area contributed by atoms with Crippen molar-refractivity contribution in [1.29, 1.82) is 0 Å². The molecule has 0 fully saturated rings. The number of rotatable bonds is 12. The first kappa shape index (κ1) is 23.7. The van der Waals surface area contributed by atoms with E-state index in [4.69, 9.17) is 18.9 Å². The van der Waals surface area contributed by atoms with E-state index >= 15 is 0 Å². The van der Waals surface area contributed by atoms with Crippen molar-refractivity contribution >= 4 is 18.1 Å². The Kier molecular flexibility index (Phi) is 9.87. The molecule has 0 saturated heterocycles. The summed E-state index contributed by atoms with van der Waals surface area (Å²) in [6, 6.07) is 12.5. The number of hydrogen-bond acceptors (Lipinski definition) is 7. The van der Waals surface area contributed by atoms with Crippen LogP contribution in [0.15, 0.2) is 47.6 Å². The van der Waals surface area contributed by atoms with E-state index < -0.39 is 5.97 Å². The molecule has 0 saturated carbocycles. The summed E-state index contributed by atoms with van der Waals surface area (Å²) in [5.41, 5.74) is 4.07. The van der Waals surface area contributed by atoms with Crippen molar-refractivity contribution in [3.05, 3.63) is 53.6 Å². The van der Waals surface area contributed by atoms with Crippen LogP contribution in [0, 0.1) is 0 Å². The summed E-state index contributed by atoms with van der Waals surface area (Å²) in [4.78, 5) is 23.6. The van der Waals surface area contributed by atoms with Gasteiger partial charge in [-0.3, -0.25) is 4.79 Å². The molecule has 0 unspecified atom stereocenters. The van der Waals surface area contributed by atoms with Gasteiger partial charge in [0, 0.05) is 0 Å². The van der Waals surface area contributed by atoms with Crippen molar-refractivity contribution < 1.29 is 28.5 Å². The second-order valence-corrected chi connectivity index (χ2v) is 6.28. The average molecular weight is 428 g/mol. The lowest BCUT2D eigenvalue weighted by molar-refractivity contribution is -0.145. The van der Waals surface area contributed by atoms with Gasteiger partial charge in [0.1, 0.15) is 5.75 Å². The molecule has 1 N–H and O–H groups in total. The van der Waals surface area contributed by atoms with Gasteiger partial charge in [0.2, 0.25) is 5.91 Å². The normalized spacial score (nSPS) is 10.5. The topological polar surface area (TPSA) is 95.5 Å². The van der Waals surface area contributed by atoms with Crippen LogP contribution in [-0.4, -0.2) is 44.5 Å². The van der Waals surface area contributed by atoms with Gasteiger partial charge in [-0.2, -0.15) is 5.10 Å². The number of nitrogens with zero attached hydrogens (tertiary/aromatic N) is 1. The first-order chi connectivity index (χ1) is 15.0. The maximum absolute atomic E-state index is 12.1. The van der Waals surface area contributed by atoms with Gasteiger partial charge in [-0.25, -0.2) is 10.2 Å². The molecule has 0 aliphatic carbocycles. The number of ether oxygens (including phenoxy) is 4. The molecular weight excluding hydrogens is 400 g/mol. The first-order valence-corrected chi connectivity index (χ1v) is 10.1. The van der Waals surface area contributed by atoms with Crippen LogP contribution in [0.3, 0.4) is 0 Å². The Labute approximate surface area is 182 Å². The molecule has 0 bridgehead atoms. The third-order valence-corrected chi connectivity index (χ3v) is 3.92. The summed E-state index contributed by atoms with van der Waals surface area (Å²) in [6.07, 6.45) is 1.71. The fourth-order valence-electron chi connectivity index (χ4n) is 2.61. The third-order valence-electron chi connectivity index (χ3n) is 3.92. The number of carbonyl (C=O) groups excluding carboxylic acids is 2. The fourth-order valence-corrected chi connectivity index (χ4v) is 2.61. The zero-order valence-electron chi connectivity index (χ0n) is 18.1. The van der Waals surface area contributed by atoms with Crippen LogP contribution < -0.4 is 19.6 Å². The van der Waals surface area contributed by atoms with E-state index in [1.165, 1.54) is 6.21 Å². The average Bonchev–Trinajstić information content (AvgIpc) is 2.75. The zero-order chi connectivity index (χ0) is 22.5. The van der Waals surface area contributed by atoms with Crippen molar-refractivity contribution in [2.45, 2.75) is 27.2 Å². The Balaban J connectivity index is 1.92. The molecule has 0 atom stereocenters. The lowest BCUT2D eigenvalue weighted by atomic mass is 10.1. The Hall–Kier alpha value is -3.55. The maximum atomic E-state index is 12.1. The second kappa shape index (κ2) is 12.9. The van der Waals surface area contributed by atoms with E-state index in [-0.39, 0.29) is 18.9 Å².